The lowest BCUT2D eigenvalue weighted by Gasteiger charge is -2.29. The molecule has 3 unspecified atom stereocenters. The van der Waals surface area contributed by atoms with E-state index in [9.17, 15) is 14.7 Å². The minimum Gasteiger partial charge on any atom is -0.503 e. The summed E-state index contributed by atoms with van der Waals surface area (Å²) in [5.41, 5.74) is -0.0663. The van der Waals surface area contributed by atoms with Gasteiger partial charge in [-0.2, -0.15) is 0 Å². The van der Waals surface area contributed by atoms with E-state index in [1.165, 1.54) is 19.4 Å². The Morgan fingerprint density at radius 1 is 1.32 bits per heavy atom. The van der Waals surface area contributed by atoms with Crippen molar-refractivity contribution in [3.63, 3.8) is 0 Å². The Labute approximate surface area is 146 Å². The van der Waals surface area contributed by atoms with Gasteiger partial charge in [-0.15, -0.1) is 0 Å². The molecule has 25 heavy (non-hydrogen) atoms. The number of hydrogen-bond acceptors (Lipinski definition) is 6. The van der Waals surface area contributed by atoms with Gasteiger partial charge in [0.2, 0.25) is 0 Å². The van der Waals surface area contributed by atoms with E-state index < -0.39 is 5.91 Å². The molecule has 7 heteroatoms. The highest BCUT2D eigenvalue weighted by molar-refractivity contribution is 5.95. The number of aromatic nitrogens is 1. The Hall–Kier alpha value is -2.31. The fraction of sp³-hybridized carbons (Fsp3) is 0.611. The zero-order valence-corrected chi connectivity index (χ0v) is 14.7. The Kier molecular flexibility index (Phi) is 4.83. The fourth-order valence-electron chi connectivity index (χ4n) is 4.11. The van der Waals surface area contributed by atoms with E-state index in [0.29, 0.717) is 5.92 Å². The van der Waals surface area contributed by atoms with Crippen molar-refractivity contribution < 1.29 is 24.2 Å². The number of ether oxygens (including phenoxy) is 2. The van der Waals surface area contributed by atoms with Gasteiger partial charge in [-0.25, -0.2) is 4.98 Å². The number of aromatic hydroxyl groups is 1. The average molecular weight is 348 g/mol. The summed E-state index contributed by atoms with van der Waals surface area (Å²) in [4.78, 5) is 28.7. The molecular formula is C18H24N2O5. The number of hydrogen-bond donors (Lipinski definition) is 2. The van der Waals surface area contributed by atoms with Crippen LogP contribution in [-0.4, -0.2) is 41.2 Å². The van der Waals surface area contributed by atoms with Crippen LogP contribution in [0.25, 0.3) is 0 Å². The SMILES string of the molecule is COc1ccnc(C(=O)NC2CC3CC2[C@@H](C(=O)OC(C)C)C3)c1O. The van der Waals surface area contributed by atoms with Crippen molar-refractivity contribution in [1.29, 1.82) is 0 Å². The Balaban J connectivity index is 1.69. The summed E-state index contributed by atoms with van der Waals surface area (Å²) in [6.07, 6.45) is 3.85. The maximum absolute atomic E-state index is 12.5. The summed E-state index contributed by atoms with van der Waals surface area (Å²) in [6.45, 7) is 3.67. The first-order valence-corrected chi connectivity index (χ1v) is 8.64. The maximum Gasteiger partial charge on any atom is 0.309 e. The molecule has 1 aromatic heterocycles. The number of nitrogens with one attached hydrogen (secondary N) is 1. The van der Waals surface area contributed by atoms with Gasteiger partial charge in [-0.3, -0.25) is 9.59 Å². The van der Waals surface area contributed by atoms with E-state index >= 15 is 0 Å². The van der Waals surface area contributed by atoms with Crippen molar-refractivity contribution >= 4 is 11.9 Å². The second kappa shape index (κ2) is 6.90. The first kappa shape index (κ1) is 17.5. The molecular weight excluding hydrogens is 324 g/mol. The van der Waals surface area contributed by atoms with Gasteiger partial charge in [0.15, 0.2) is 17.2 Å². The molecule has 2 saturated carbocycles. The summed E-state index contributed by atoms with van der Waals surface area (Å²) in [6, 6.07) is 1.38. The molecule has 7 nitrogen and oxygen atoms in total. The number of nitrogens with zero attached hydrogens (tertiary/aromatic N) is 1. The number of amides is 1. The van der Waals surface area contributed by atoms with Gasteiger partial charge in [0.25, 0.3) is 5.91 Å². The quantitative estimate of drug-likeness (QED) is 0.789. The third kappa shape index (κ3) is 3.41. The Morgan fingerprint density at radius 2 is 2.08 bits per heavy atom. The molecule has 0 aliphatic heterocycles. The number of rotatable bonds is 5. The van der Waals surface area contributed by atoms with Gasteiger partial charge in [0.1, 0.15) is 0 Å². The van der Waals surface area contributed by atoms with Crippen LogP contribution in [0.3, 0.4) is 0 Å². The molecule has 1 aromatic rings. The van der Waals surface area contributed by atoms with E-state index in [1.54, 1.807) is 0 Å². The molecule has 2 N–H and O–H groups in total. The zero-order chi connectivity index (χ0) is 18.1. The van der Waals surface area contributed by atoms with Crippen molar-refractivity contribution in [2.24, 2.45) is 17.8 Å². The van der Waals surface area contributed by atoms with Crippen LogP contribution in [0.5, 0.6) is 11.5 Å². The third-order valence-corrected chi connectivity index (χ3v) is 5.11. The molecule has 2 aliphatic carbocycles. The number of fused-ring (bicyclic) bond motifs is 2. The topological polar surface area (TPSA) is 97.8 Å². The number of esters is 1. The minimum absolute atomic E-state index is 0.0663. The van der Waals surface area contributed by atoms with Crippen molar-refractivity contribution in [3.8, 4) is 11.5 Å². The molecule has 3 rings (SSSR count). The highest BCUT2D eigenvalue weighted by Crippen LogP contribution is 2.49. The lowest BCUT2D eigenvalue weighted by atomic mass is 9.85. The summed E-state index contributed by atoms with van der Waals surface area (Å²) < 4.78 is 10.4. The first-order chi connectivity index (χ1) is 11.9. The van der Waals surface area contributed by atoms with Crippen LogP contribution >= 0.6 is 0 Å². The highest BCUT2D eigenvalue weighted by Gasteiger charge is 2.50. The van der Waals surface area contributed by atoms with Crippen LogP contribution in [-0.2, 0) is 9.53 Å². The Bertz CT molecular complexity index is 675. The van der Waals surface area contributed by atoms with Gasteiger partial charge in [-0.1, -0.05) is 0 Å². The van der Waals surface area contributed by atoms with E-state index in [-0.39, 0.29) is 47.1 Å². The number of methoxy groups -OCH3 is 1. The summed E-state index contributed by atoms with van der Waals surface area (Å²) >= 11 is 0. The molecule has 136 valence electrons. The number of pyridine rings is 1. The second-order valence-electron chi connectivity index (χ2n) is 7.12. The van der Waals surface area contributed by atoms with Gasteiger partial charge in [0.05, 0.1) is 19.1 Å². The van der Waals surface area contributed by atoms with Crippen molar-refractivity contribution in [2.75, 3.05) is 7.11 Å². The summed E-state index contributed by atoms with van der Waals surface area (Å²) in [5, 5.41) is 13.0. The minimum atomic E-state index is -0.454. The summed E-state index contributed by atoms with van der Waals surface area (Å²) in [7, 11) is 1.41. The van der Waals surface area contributed by atoms with Crippen LogP contribution in [0.2, 0.25) is 0 Å². The normalized spacial score (nSPS) is 27.4. The third-order valence-electron chi connectivity index (χ3n) is 5.11. The Morgan fingerprint density at radius 3 is 2.72 bits per heavy atom. The molecule has 1 heterocycles. The van der Waals surface area contributed by atoms with Gasteiger partial charge < -0.3 is 19.9 Å². The van der Waals surface area contributed by atoms with E-state index in [4.69, 9.17) is 9.47 Å². The molecule has 0 spiro atoms. The van der Waals surface area contributed by atoms with E-state index in [2.05, 4.69) is 10.3 Å². The molecule has 2 aliphatic rings. The molecule has 0 radical (unpaired) electrons. The van der Waals surface area contributed by atoms with Crippen LogP contribution in [0.15, 0.2) is 12.3 Å². The van der Waals surface area contributed by atoms with Gasteiger partial charge >= 0.3 is 5.97 Å². The predicted molar refractivity (Wildman–Crippen MR) is 89.3 cm³/mol. The maximum atomic E-state index is 12.5. The lowest BCUT2D eigenvalue weighted by Crippen LogP contribution is -2.43. The van der Waals surface area contributed by atoms with E-state index in [1.807, 2.05) is 13.8 Å². The van der Waals surface area contributed by atoms with Crippen LogP contribution in [0.4, 0.5) is 0 Å². The largest absolute Gasteiger partial charge is 0.503 e. The predicted octanol–water partition coefficient (Wildman–Crippen LogP) is 1.89. The van der Waals surface area contributed by atoms with Gasteiger partial charge in [0, 0.05) is 18.3 Å². The average Bonchev–Trinajstić information content (AvgIpc) is 3.14. The number of carbonyl (C=O) groups excluding carboxylic acids is 2. The van der Waals surface area contributed by atoms with Crippen molar-refractivity contribution in [2.45, 2.75) is 45.3 Å². The van der Waals surface area contributed by atoms with Crippen molar-refractivity contribution in [3.05, 3.63) is 18.0 Å². The molecule has 0 saturated heterocycles. The monoisotopic (exact) mass is 348 g/mol. The number of carbonyl (C=O) groups is 2. The molecule has 2 fully saturated rings. The molecule has 1 amide bonds. The fourth-order valence-corrected chi connectivity index (χ4v) is 4.11. The molecule has 2 bridgehead atoms. The zero-order valence-electron chi connectivity index (χ0n) is 14.7. The molecule has 0 aromatic carbocycles. The molecule has 4 atom stereocenters. The smallest absolute Gasteiger partial charge is 0.309 e. The van der Waals surface area contributed by atoms with Crippen LogP contribution < -0.4 is 10.1 Å². The standard InChI is InChI=1S/C18H24N2O5/c1-9(2)25-18(23)12-7-10-6-11(12)13(8-10)20-17(22)15-16(21)14(24-3)4-5-19-15/h4-5,9-13,21H,6-8H2,1-3H3,(H,20,22)/t10?,11?,12-,13?/m0/s1. The summed E-state index contributed by atoms with van der Waals surface area (Å²) in [5.74, 6) is -0.375. The second-order valence-corrected chi connectivity index (χ2v) is 7.12. The first-order valence-electron chi connectivity index (χ1n) is 8.64. The van der Waals surface area contributed by atoms with Crippen molar-refractivity contribution in [1.82, 2.24) is 10.3 Å². The highest BCUT2D eigenvalue weighted by atomic mass is 16.5. The van der Waals surface area contributed by atoms with Crippen LogP contribution in [0.1, 0.15) is 43.6 Å². The van der Waals surface area contributed by atoms with Gasteiger partial charge in [-0.05, 0) is 44.9 Å². The van der Waals surface area contributed by atoms with Crippen LogP contribution in [0, 0.1) is 17.8 Å². The van der Waals surface area contributed by atoms with E-state index in [0.717, 1.165) is 19.3 Å². The lowest BCUT2D eigenvalue weighted by molar-refractivity contribution is -0.154.